The van der Waals surface area contributed by atoms with E-state index in [4.69, 9.17) is 4.74 Å². The zero-order chi connectivity index (χ0) is 14.3. The summed E-state index contributed by atoms with van der Waals surface area (Å²) in [7, 11) is 1.46. The van der Waals surface area contributed by atoms with Gasteiger partial charge in [-0.15, -0.1) is 0 Å². The topological polar surface area (TPSA) is 41.5 Å². The summed E-state index contributed by atoms with van der Waals surface area (Å²) in [6.07, 6.45) is -4.18. The summed E-state index contributed by atoms with van der Waals surface area (Å²) >= 11 is 0. The van der Waals surface area contributed by atoms with Crippen LogP contribution in [0.1, 0.15) is 24.8 Å². The number of alkyl halides is 3. The standard InChI is InChI=1S/C13H18F3NO2/c1-19-12-8-10(4-5-11(12)18)9-17-7-3-2-6-13(14,15)16/h4-5,8,17-18H,2-3,6-7,9H2,1H3. The van der Waals surface area contributed by atoms with Gasteiger partial charge in [-0.05, 0) is 37.1 Å². The molecule has 6 heteroatoms. The fraction of sp³-hybridized carbons (Fsp3) is 0.538. The lowest BCUT2D eigenvalue weighted by Gasteiger charge is -2.09. The van der Waals surface area contributed by atoms with Gasteiger partial charge in [0.05, 0.1) is 7.11 Å². The molecule has 0 bridgehead atoms. The van der Waals surface area contributed by atoms with Crippen LogP contribution < -0.4 is 10.1 Å². The Morgan fingerprint density at radius 2 is 2.00 bits per heavy atom. The summed E-state index contributed by atoms with van der Waals surface area (Å²) < 4.78 is 40.6. The Hall–Kier alpha value is -1.43. The van der Waals surface area contributed by atoms with Gasteiger partial charge in [0, 0.05) is 13.0 Å². The van der Waals surface area contributed by atoms with Gasteiger partial charge in [-0.3, -0.25) is 0 Å². The van der Waals surface area contributed by atoms with Gasteiger partial charge in [-0.2, -0.15) is 13.2 Å². The number of halogens is 3. The first kappa shape index (κ1) is 15.6. The Morgan fingerprint density at radius 1 is 1.26 bits per heavy atom. The number of ether oxygens (including phenoxy) is 1. The van der Waals surface area contributed by atoms with Gasteiger partial charge < -0.3 is 15.2 Å². The summed E-state index contributed by atoms with van der Waals surface area (Å²) in [4.78, 5) is 0. The van der Waals surface area contributed by atoms with E-state index in [0.717, 1.165) is 5.56 Å². The van der Waals surface area contributed by atoms with E-state index in [1.165, 1.54) is 13.2 Å². The minimum Gasteiger partial charge on any atom is -0.504 e. The first-order valence-corrected chi connectivity index (χ1v) is 6.06. The Bertz CT molecular complexity index is 394. The summed E-state index contributed by atoms with van der Waals surface area (Å²) in [5.74, 6) is 0.452. The quantitative estimate of drug-likeness (QED) is 0.752. The third-order valence-electron chi connectivity index (χ3n) is 2.64. The SMILES string of the molecule is COc1cc(CNCCCCC(F)(F)F)ccc1O. The van der Waals surface area contributed by atoms with Gasteiger partial charge in [0.1, 0.15) is 0 Å². The van der Waals surface area contributed by atoms with Crippen LogP contribution in [0.3, 0.4) is 0 Å². The monoisotopic (exact) mass is 277 g/mol. The lowest BCUT2D eigenvalue weighted by atomic mass is 10.2. The summed E-state index contributed by atoms with van der Waals surface area (Å²) in [5, 5.41) is 12.5. The lowest BCUT2D eigenvalue weighted by Crippen LogP contribution is -2.16. The molecule has 0 aliphatic heterocycles. The maximum absolute atomic E-state index is 11.9. The molecule has 3 nitrogen and oxygen atoms in total. The predicted molar refractivity (Wildman–Crippen MR) is 66.3 cm³/mol. The highest BCUT2D eigenvalue weighted by atomic mass is 19.4. The normalized spacial score (nSPS) is 11.6. The first-order chi connectivity index (χ1) is 8.92. The zero-order valence-corrected chi connectivity index (χ0v) is 10.8. The van der Waals surface area contributed by atoms with Crippen molar-refractivity contribution in [2.24, 2.45) is 0 Å². The van der Waals surface area contributed by atoms with Crippen LogP contribution in [0.15, 0.2) is 18.2 Å². The highest BCUT2D eigenvalue weighted by Crippen LogP contribution is 2.26. The van der Waals surface area contributed by atoms with Crippen LogP contribution in [0.5, 0.6) is 11.5 Å². The molecule has 19 heavy (non-hydrogen) atoms. The van der Waals surface area contributed by atoms with E-state index >= 15 is 0 Å². The van der Waals surface area contributed by atoms with Crippen LogP contribution >= 0.6 is 0 Å². The minimum absolute atomic E-state index is 0.0661. The lowest BCUT2D eigenvalue weighted by molar-refractivity contribution is -0.135. The van der Waals surface area contributed by atoms with Crippen molar-refractivity contribution >= 4 is 0 Å². The molecule has 0 heterocycles. The van der Waals surface area contributed by atoms with Crippen LogP contribution in [0, 0.1) is 0 Å². The van der Waals surface area contributed by atoms with Crippen molar-refractivity contribution in [3.8, 4) is 11.5 Å². The number of methoxy groups -OCH3 is 1. The maximum atomic E-state index is 11.9. The second-order valence-electron chi connectivity index (χ2n) is 4.26. The Balaban J connectivity index is 2.23. The van der Waals surface area contributed by atoms with Crippen molar-refractivity contribution in [2.45, 2.75) is 32.0 Å². The molecule has 0 unspecified atom stereocenters. The maximum Gasteiger partial charge on any atom is 0.389 e. The second kappa shape index (κ2) is 7.23. The molecule has 0 radical (unpaired) electrons. The number of aromatic hydroxyl groups is 1. The third kappa shape index (κ3) is 6.33. The summed E-state index contributed by atoms with van der Waals surface area (Å²) in [6, 6.07) is 4.96. The molecular formula is C13H18F3NO2. The zero-order valence-electron chi connectivity index (χ0n) is 10.8. The van der Waals surface area contributed by atoms with E-state index in [1.807, 2.05) is 0 Å². The number of hydrogen-bond donors (Lipinski definition) is 2. The van der Waals surface area contributed by atoms with Gasteiger partial charge in [0.25, 0.3) is 0 Å². The predicted octanol–water partition coefficient (Wildman–Crippen LogP) is 3.22. The molecule has 0 amide bonds. The number of benzene rings is 1. The molecule has 0 saturated carbocycles. The van der Waals surface area contributed by atoms with Crippen molar-refractivity contribution < 1.29 is 23.0 Å². The number of phenolic OH excluding ortho intramolecular Hbond substituents is 1. The van der Waals surface area contributed by atoms with E-state index in [1.54, 1.807) is 12.1 Å². The van der Waals surface area contributed by atoms with Gasteiger partial charge in [0.15, 0.2) is 11.5 Å². The highest BCUT2D eigenvalue weighted by Gasteiger charge is 2.25. The number of unbranched alkanes of at least 4 members (excludes halogenated alkanes) is 1. The molecule has 2 N–H and O–H groups in total. The smallest absolute Gasteiger partial charge is 0.389 e. The van der Waals surface area contributed by atoms with Gasteiger partial charge in [-0.1, -0.05) is 6.07 Å². The Morgan fingerprint density at radius 3 is 2.63 bits per heavy atom. The molecule has 0 atom stereocenters. The molecule has 0 fully saturated rings. The van der Waals surface area contributed by atoms with Crippen LogP contribution in [0.25, 0.3) is 0 Å². The molecule has 0 saturated heterocycles. The third-order valence-corrected chi connectivity index (χ3v) is 2.64. The number of rotatable bonds is 7. The van der Waals surface area contributed by atoms with Crippen molar-refractivity contribution in [3.05, 3.63) is 23.8 Å². The first-order valence-electron chi connectivity index (χ1n) is 6.06. The van der Waals surface area contributed by atoms with Gasteiger partial charge in [0.2, 0.25) is 0 Å². The van der Waals surface area contributed by atoms with E-state index in [9.17, 15) is 18.3 Å². The Kier molecular flexibility index (Phi) is 5.95. The van der Waals surface area contributed by atoms with Crippen LogP contribution in [0.4, 0.5) is 13.2 Å². The van der Waals surface area contributed by atoms with Crippen LogP contribution in [-0.2, 0) is 6.54 Å². The van der Waals surface area contributed by atoms with Crippen molar-refractivity contribution in [1.29, 1.82) is 0 Å². The van der Waals surface area contributed by atoms with Crippen LogP contribution in [-0.4, -0.2) is 24.9 Å². The second-order valence-corrected chi connectivity index (χ2v) is 4.26. The van der Waals surface area contributed by atoms with Gasteiger partial charge >= 0.3 is 6.18 Å². The molecule has 1 aromatic carbocycles. The van der Waals surface area contributed by atoms with E-state index in [0.29, 0.717) is 25.3 Å². The molecule has 1 rings (SSSR count). The average Bonchev–Trinajstić information content (AvgIpc) is 2.34. The number of phenols is 1. The molecule has 1 aromatic rings. The molecule has 108 valence electrons. The molecule has 0 spiro atoms. The fourth-order valence-electron chi connectivity index (χ4n) is 1.64. The largest absolute Gasteiger partial charge is 0.504 e. The fourth-order valence-corrected chi connectivity index (χ4v) is 1.64. The molecular weight excluding hydrogens is 259 g/mol. The summed E-state index contributed by atoms with van der Waals surface area (Å²) in [5.41, 5.74) is 0.908. The highest BCUT2D eigenvalue weighted by molar-refractivity contribution is 5.41. The van der Waals surface area contributed by atoms with Crippen molar-refractivity contribution in [1.82, 2.24) is 5.32 Å². The van der Waals surface area contributed by atoms with Crippen molar-refractivity contribution in [3.63, 3.8) is 0 Å². The number of nitrogens with one attached hydrogen (secondary N) is 1. The summed E-state index contributed by atoms with van der Waals surface area (Å²) in [6.45, 7) is 1.06. The van der Waals surface area contributed by atoms with Crippen molar-refractivity contribution in [2.75, 3.05) is 13.7 Å². The molecule has 0 aromatic heterocycles. The van der Waals surface area contributed by atoms with Gasteiger partial charge in [-0.25, -0.2) is 0 Å². The molecule has 0 aliphatic carbocycles. The van der Waals surface area contributed by atoms with Crippen LogP contribution in [0.2, 0.25) is 0 Å². The van der Waals surface area contributed by atoms with E-state index in [-0.39, 0.29) is 12.2 Å². The number of hydrogen-bond acceptors (Lipinski definition) is 3. The van der Waals surface area contributed by atoms with E-state index < -0.39 is 12.6 Å². The van der Waals surface area contributed by atoms with E-state index in [2.05, 4.69) is 5.32 Å². The minimum atomic E-state index is -4.07. The Labute approximate surface area is 110 Å². The molecule has 0 aliphatic rings. The average molecular weight is 277 g/mol.